The zero-order valence-electron chi connectivity index (χ0n) is 17.6. The van der Waals surface area contributed by atoms with Gasteiger partial charge < -0.3 is 26.0 Å². The van der Waals surface area contributed by atoms with Crippen LogP contribution < -0.4 is 31.3 Å². The van der Waals surface area contributed by atoms with Crippen LogP contribution in [0.3, 0.4) is 0 Å². The second kappa shape index (κ2) is 9.40. The predicted molar refractivity (Wildman–Crippen MR) is 124 cm³/mol. The van der Waals surface area contributed by atoms with Crippen molar-refractivity contribution in [1.29, 1.82) is 0 Å². The molecule has 2 amide bonds. The van der Waals surface area contributed by atoms with Crippen LogP contribution in [0.15, 0.2) is 78.6 Å². The van der Waals surface area contributed by atoms with Gasteiger partial charge in [-0.25, -0.2) is 4.79 Å². The molecule has 1 aliphatic rings. The molecule has 0 fully saturated rings. The Kier molecular flexibility index (Phi) is 6.24. The van der Waals surface area contributed by atoms with E-state index in [2.05, 4.69) is 26.6 Å². The monoisotopic (exact) mass is 417 g/mol. The summed E-state index contributed by atoms with van der Waals surface area (Å²) in [5.74, 6) is 1.69. The molecule has 0 radical (unpaired) electrons. The molecule has 1 aliphatic heterocycles. The number of nitrogens with one attached hydrogen (secondary N) is 5. The number of benzene rings is 3. The molecule has 3 aromatic carbocycles. The highest BCUT2D eigenvalue weighted by Gasteiger charge is 2.19. The van der Waals surface area contributed by atoms with Crippen LogP contribution in [0.5, 0.6) is 5.75 Å². The minimum atomic E-state index is -0.404. The number of anilines is 1. The summed E-state index contributed by atoms with van der Waals surface area (Å²) in [7, 11) is 1.65. The highest BCUT2D eigenvalue weighted by atomic mass is 16.5. The van der Waals surface area contributed by atoms with Gasteiger partial charge in [0.05, 0.1) is 12.9 Å². The van der Waals surface area contributed by atoms with Gasteiger partial charge in [0.2, 0.25) is 0 Å². The first-order chi connectivity index (χ1) is 15.1. The summed E-state index contributed by atoms with van der Waals surface area (Å²) >= 11 is 0. The summed E-state index contributed by atoms with van der Waals surface area (Å²) in [4.78, 5) is 12.5. The second-order valence-electron chi connectivity index (χ2n) is 7.48. The number of ether oxygens (including phenoxy) is 1. The fourth-order valence-corrected chi connectivity index (χ4v) is 3.50. The number of amides is 2. The number of hydrogen-bond donors (Lipinski definition) is 5. The van der Waals surface area contributed by atoms with Gasteiger partial charge in [0, 0.05) is 18.3 Å². The smallest absolute Gasteiger partial charge is 0.321 e. The Hall–Kier alpha value is -3.71. The first-order valence-electron chi connectivity index (χ1n) is 10.3. The van der Waals surface area contributed by atoms with E-state index in [1.165, 1.54) is 0 Å². The Labute approximate surface area is 181 Å². The lowest BCUT2D eigenvalue weighted by Crippen LogP contribution is -2.61. The molecule has 7 heteroatoms. The molecule has 5 N–H and O–H groups in total. The molecule has 3 aromatic rings. The SMILES string of the molecule is COc1ccc(CNC2=CC(C)NC(NC(=O)Nc3ccc4ccccc4c3)N2)cc1. The Balaban J connectivity index is 1.31. The average Bonchev–Trinajstić information content (AvgIpc) is 2.77. The van der Waals surface area contributed by atoms with E-state index in [9.17, 15) is 4.79 Å². The van der Waals surface area contributed by atoms with Crippen LogP contribution in [-0.2, 0) is 6.54 Å². The van der Waals surface area contributed by atoms with Crippen molar-refractivity contribution in [1.82, 2.24) is 21.3 Å². The zero-order chi connectivity index (χ0) is 21.6. The Morgan fingerprint density at radius 1 is 1.03 bits per heavy atom. The molecule has 0 spiro atoms. The maximum Gasteiger partial charge on any atom is 0.321 e. The van der Waals surface area contributed by atoms with E-state index in [4.69, 9.17) is 4.74 Å². The van der Waals surface area contributed by atoms with E-state index in [0.717, 1.165) is 33.6 Å². The molecule has 7 nitrogen and oxygen atoms in total. The van der Waals surface area contributed by atoms with Gasteiger partial charge in [-0.15, -0.1) is 0 Å². The fourth-order valence-electron chi connectivity index (χ4n) is 3.50. The lowest BCUT2D eigenvalue weighted by molar-refractivity contribution is 0.240. The van der Waals surface area contributed by atoms with Gasteiger partial charge in [0.15, 0.2) is 6.29 Å². The van der Waals surface area contributed by atoms with Crippen LogP contribution in [0, 0.1) is 0 Å². The van der Waals surface area contributed by atoms with E-state index in [1.807, 2.05) is 79.7 Å². The van der Waals surface area contributed by atoms with Crippen molar-refractivity contribution in [2.24, 2.45) is 0 Å². The van der Waals surface area contributed by atoms with Crippen LogP contribution in [0.1, 0.15) is 12.5 Å². The van der Waals surface area contributed by atoms with Crippen LogP contribution in [0.25, 0.3) is 10.8 Å². The summed E-state index contributed by atoms with van der Waals surface area (Å²) in [5, 5.41) is 18.0. The van der Waals surface area contributed by atoms with Crippen molar-refractivity contribution in [3.8, 4) is 5.75 Å². The lowest BCUT2D eigenvalue weighted by Gasteiger charge is -2.31. The van der Waals surface area contributed by atoms with E-state index in [-0.39, 0.29) is 12.1 Å². The molecule has 1 heterocycles. The van der Waals surface area contributed by atoms with Gasteiger partial charge in [-0.1, -0.05) is 42.5 Å². The minimum Gasteiger partial charge on any atom is -0.497 e. The molecule has 31 heavy (non-hydrogen) atoms. The second-order valence-corrected chi connectivity index (χ2v) is 7.48. The zero-order valence-corrected chi connectivity index (χ0v) is 17.6. The third-order valence-electron chi connectivity index (χ3n) is 5.07. The largest absolute Gasteiger partial charge is 0.497 e. The highest BCUT2D eigenvalue weighted by molar-refractivity contribution is 5.93. The Morgan fingerprint density at radius 3 is 2.58 bits per heavy atom. The van der Waals surface area contributed by atoms with E-state index >= 15 is 0 Å². The molecule has 0 saturated heterocycles. The molecule has 0 saturated carbocycles. The molecule has 160 valence electrons. The van der Waals surface area contributed by atoms with Gasteiger partial charge in [-0.3, -0.25) is 5.32 Å². The molecule has 4 rings (SSSR count). The van der Waals surface area contributed by atoms with Crippen molar-refractivity contribution >= 4 is 22.5 Å². The first kappa shape index (κ1) is 20.6. The number of carbonyl (C=O) groups excluding carboxylic acids is 1. The molecule has 0 aromatic heterocycles. The van der Waals surface area contributed by atoms with Crippen LogP contribution in [-0.4, -0.2) is 25.5 Å². The van der Waals surface area contributed by atoms with E-state index in [1.54, 1.807) is 7.11 Å². The highest BCUT2D eigenvalue weighted by Crippen LogP contribution is 2.18. The van der Waals surface area contributed by atoms with Gasteiger partial charge in [0.1, 0.15) is 5.75 Å². The minimum absolute atomic E-state index is 0.0885. The Bertz CT molecular complexity index is 1080. The fraction of sp³-hybridized carbons (Fsp3) is 0.208. The summed E-state index contributed by atoms with van der Waals surface area (Å²) in [6, 6.07) is 21.6. The number of urea groups is 1. The summed E-state index contributed by atoms with van der Waals surface area (Å²) < 4.78 is 5.19. The summed E-state index contributed by atoms with van der Waals surface area (Å²) in [6.07, 6.45) is 1.64. The molecule has 2 unspecified atom stereocenters. The summed E-state index contributed by atoms with van der Waals surface area (Å²) in [6.45, 7) is 2.69. The number of methoxy groups -OCH3 is 1. The molecule has 0 aliphatic carbocycles. The van der Waals surface area contributed by atoms with Gasteiger partial charge in [0.25, 0.3) is 0 Å². The van der Waals surface area contributed by atoms with E-state index < -0.39 is 6.29 Å². The standard InChI is InChI=1S/C24H27N5O2/c1-16-13-22(25-15-17-7-11-21(31-2)12-8-17)28-23(26-16)29-24(30)27-20-10-9-18-5-3-4-6-19(18)14-20/h3-14,16,23,25-26,28H,15H2,1-2H3,(H2,27,29,30). The molecule has 0 bridgehead atoms. The van der Waals surface area contributed by atoms with Crippen molar-refractivity contribution < 1.29 is 9.53 Å². The van der Waals surface area contributed by atoms with Gasteiger partial charge in [-0.2, -0.15) is 0 Å². The van der Waals surface area contributed by atoms with Crippen LogP contribution in [0.2, 0.25) is 0 Å². The molecular weight excluding hydrogens is 390 g/mol. The van der Waals surface area contributed by atoms with Crippen molar-refractivity contribution in [2.75, 3.05) is 12.4 Å². The van der Waals surface area contributed by atoms with Crippen molar-refractivity contribution in [3.63, 3.8) is 0 Å². The third-order valence-corrected chi connectivity index (χ3v) is 5.07. The maximum absolute atomic E-state index is 12.5. The van der Waals surface area contributed by atoms with Crippen molar-refractivity contribution in [3.05, 3.63) is 84.2 Å². The normalized spacial score (nSPS) is 17.9. The van der Waals surface area contributed by atoms with Crippen LogP contribution in [0.4, 0.5) is 10.5 Å². The van der Waals surface area contributed by atoms with Crippen LogP contribution >= 0.6 is 0 Å². The number of rotatable bonds is 6. The third kappa shape index (κ3) is 5.46. The van der Waals surface area contributed by atoms with Crippen molar-refractivity contribution in [2.45, 2.75) is 25.8 Å². The number of hydrogen-bond acceptors (Lipinski definition) is 5. The Morgan fingerprint density at radius 2 is 1.81 bits per heavy atom. The first-order valence-corrected chi connectivity index (χ1v) is 10.3. The topological polar surface area (TPSA) is 86.5 Å². The quantitative estimate of drug-likeness (QED) is 0.424. The lowest BCUT2D eigenvalue weighted by atomic mass is 10.1. The van der Waals surface area contributed by atoms with Gasteiger partial charge in [-0.05, 0) is 53.6 Å². The molecule has 2 atom stereocenters. The molecular formula is C24H27N5O2. The van der Waals surface area contributed by atoms with Gasteiger partial charge >= 0.3 is 6.03 Å². The predicted octanol–water partition coefficient (Wildman–Crippen LogP) is 3.47. The number of fused-ring (bicyclic) bond motifs is 1. The van der Waals surface area contributed by atoms with E-state index in [0.29, 0.717) is 6.54 Å². The summed E-state index contributed by atoms with van der Waals surface area (Å²) in [5.41, 5.74) is 1.88. The average molecular weight is 418 g/mol. The number of carbonyl (C=O) groups is 1. The maximum atomic E-state index is 12.5.